The predicted molar refractivity (Wildman–Crippen MR) is 115 cm³/mol. The highest BCUT2D eigenvalue weighted by atomic mass is 35.5. The summed E-state index contributed by atoms with van der Waals surface area (Å²) >= 11 is 6.52. The number of rotatable bonds is 5. The fraction of sp³-hybridized carbons (Fsp3) is 0.421. The van der Waals surface area contributed by atoms with Crippen LogP contribution in [0.3, 0.4) is 0 Å². The normalized spacial score (nSPS) is 20.1. The van der Waals surface area contributed by atoms with Gasteiger partial charge in [-0.15, -0.1) is 0 Å². The second kappa shape index (κ2) is 8.23. The zero-order valence-electron chi connectivity index (χ0n) is 16.7. The van der Waals surface area contributed by atoms with Crippen molar-refractivity contribution in [3.8, 4) is 0 Å². The van der Waals surface area contributed by atoms with Crippen LogP contribution in [0, 0.1) is 0 Å². The molecular weight excluding hydrogens is 406 g/mol. The van der Waals surface area contributed by atoms with Gasteiger partial charge in [-0.1, -0.05) is 11.6 Å². The average Bonchev–Trinajstić information content (AvgIpc) is 3.50. The van der Waals surface area contributed by atoms with Gasteiger partial charge in [-0.25, -0.2) is 10.4 Å². The number of nitrogens with one attached hydrogen (secondary N) is 3. The van der Waals surface area contributed by atoms with Gasteiger partial charge >= 0.3 is 0 Å². The van der Waals surface area contributed by atoms with Crippen LogP contribution in [-0.4, -0.2) is 75.7 Å². The Labute approximate surface area is 178 Å². The number of hydrazine groups is 1. The maximum absolute atomic E-state index is 6.52. The predicted octanol–water partition coefficient (Wildman–Crippen LogP) is 1.66. The molecule has 1 unspecified atom stereocenters. The molecule has 0 amide bonds. The van der Waals surface area contributed by atoms with Gasteiger partial charge in [0.05, 0.1) is 48.4 Å². The number of benzene rings is 1. The standard InChI is InChI=1S/C19H24ClN9O/c1-27-19(23-16-3-2-15-14(17(16)20)11-21-25-15)24-18(26-27)13-10-22-29(12-13)5-4-28-6-8-30-9-7-28/h2-3,10-12,18,26H,4-9H2,1H3,(H,21,25)(H,23,24). The van der Waals surface area contributed by atoms with E-state index in [1.807, 2.05) is 41.3 Å². The van der Waals surface area contributed by atoms with Crippen molar-refractivity contribution in [3.05, 3.63) is 41.3 Å². The first kappa shape index (κ1) is 19.3. The summed E-state index contributed by atoms with van der Waals surface area (Å²) in [7, 11) is 1.92. The Morgan fingerprint density at radius 2 is 2.10 bits per heavy atom. The van der Waals surface area contributed by atoms with Gasteiger partial charge < -0.3 is 10.1 Å². The monoisotopic (exact) mass is 429 g/mol. The van der Waals surface area contributed by atoms with Crippen molar-refractivity contribution in [2.45, 2.75) is 12.7 Å². The van der Waals surface area contributed by atoms with E-state index in [0.717, 1.165) is 61.5 Å². The molecule has 30 heavy (non-hydrogen) atoms. The quantitative estimate of drug-likeness (QED) is 0.567. The highest BCUT2D eigenvalue weighted by Crippen LogP contribution is 2.30. The molecule has 3 aromatic rings. The zero-order valence-corrected chi connectivity index (χ0v) is 17.4. The van der Waals surface area contributed by atoms with Gasteiger partial charge in [-0.05, 0) is 12.1 Å². The Hall–Kier alpha value is -2.66. The maximum atomic E-state index is 6.52. The number of halogens is 1. The number of ether oxygens (including phenoxy) is 1. The minimum Gasteiger partial charge on any atom is -0.379 e. The van der Waals surface area contributed by atoms with Crippen LogP contribution in [0.25, 0.3) is 10.9 Å². The van der Waals surface area contributed by atoms with Gasteiger partial charge in [0.15, 0.2) is 0 Å². The molecule has 3 N–H and O–H groups in total. The number of aliphatic imine (C=N–C) groups is 1. The van der Waals surface area contributed by atoms with Crippen molar-refractivity contribution in [3.63, 3.8) is 0 Å². The molecule has 1 atom stereocenters. The Bertz CT molecular complexity index is 1060. The second-order valence-corrected chi connectivity index (χ2v) is 7.80. The van der Waals surface area contributed by atoms with Gasteiger partial charge in [0, 0.05) is 43.8 Å². The number of aromatic nitrogens is 4. The van der Waals surface area contributed by atoms with Crippen LogP contribution in [0.2, 0.25) is 5.02 Å². The first-order chi connectivity index (χ1) is 14.7. The largest absolute Gasteiger partial charge is 0.379 e. The molecule has 2 aliphatic rings. The molecule has 1 aromatic carbocycles. The van der Waals surface area contributed by atoms with Crippen molar-refractivity contribution in [1.82, 2.24) is 35.3 Å². The van der Waals surface area contributed by atoms with Gasteiger partial charge in [0.25, 0.3) is 0 Å². The fourth-order valence-corrected chi connectivity index (χ4v) is 3.92. The molecule has 0 saturated carbocycles. The van der Waals surface area contributed by atoms with Gasteiger partial charge in [0.2, 0.25) is 5.96 Å². The summed E-state index contributed by atoms with van der Waals surface area (Å²) in [5.74, 6) is 0.686. The van der Waals surface area contributed by atoms with Crippen molar-refractivity contribution < 1.29 is 4.74 Å². The van der Waals surface area contributed by atoms with Crippen LogP contribution in [0.15, 0.2) is 35.7 Å². The molecule has 11 heteroatoms. The third kappa shape index (κ3) is 3.86. The molecule has 1 saturated heterocycles. The Morgan fingerprint density at radius 3 is 2.97 bits per heavy atom. The summed E-state index contributed by atoms with van der Waals surface area (Å²) in [6.45, 7) is 5.39. The molecule has 0 radical (unpaired) electrons. The highest BCUT2D eigenvalue weighted by molar-refractivity contribution is 6.38. The van der Waals surface area contributed by atoms with E-state index in [4.69, 9.17) is 21.3 Å². The molecule has 2 aromatic heterocycles. The van der Waals surface area contributed by atoms with E-state index in [1.54, 1.807) is 6.20 Å². The van der Waals surface area contributed by atoms with E-state index >= 15 is 0 Å². The van der Waals surface area contributed by atoms with E-state index in [-0.39, 0.29) is 6.17 Å². The lowest BCUT2D eigenvalue weighted by atomic mass is 10.2. The lowest BCUT2D eigenvalue weighted by Crippen LogP contribution is -2.38. The summed E-state index contributed by atoms with van der Waals surface area (Å²) in [6, 6.07) is 3.85. The number of anilines is 1. The third-order valence-corrected chi connectivity index (χ3v) is 5.82. The Kier molecular flexibility index (Phi) is 5.30. The van der Waals surface area contributed by atoms with Crippen LogP contribution in [-0.2, 0) is 11.3 Å². The summed E-state index contributed by atoms with van der Waals surface area (Å²) < 4.78 is 7.37. The summed E-state index contributed by atoms with van der Waals surface area (Å²) in [6.07, 6.45) is 5.42. The molecule has 2 aliphatic heterocycles. The fourth-order valence-electron chi connectivity index (χ4n) is 3.66. The lowest BCUT2D eigenvalue weighted by molar-refractivity contribution is 0.0359. The van der Waals surface area contributed by atoms with Crippen LogP contribution >= 0.6 is 11.6 Å². The summed E-state index contributed by atoms with van der Waals surface area (Å²) in [5, 5.41) is 18.1. The van der Waals surface area contributed by atoms with E-state index in [9.17, 15) is 0 Å². The van der Waals surface area contributed by atoms with Gasteiger partial charge in [0.1, 0.15) is 6.17 Å². The lowest BCUT2D eigenvalue weighted by Gasteiger charge is -2.26. The minimum atomic E-state index is -0.203. The number of hydrogen-bond acceptors (Lipinski definition) is 8. The molecule has 0 spiro atoms. The number of guanidine groups is 1. The van der Waals surface area contributed by atoms with E-state index in [1.165, 1.54) is 0 Å². The van der Waals surface area contributed by atoms with Gasteiger partial charge in [-0.3, -0.25) is 19.7 Å². The number of nitrogens with zero attached hydrogens (tertiary/aromatic N) is 6. The van der Waals surface area contributed by atoms with Crippen LogP contribution in [0.5, 0.6) is 0 Å². The summed E-state index contributed by atoms with van der Waals surface area (Å²) in [4.78, 5) is 7.16. The number of H-pyrrole nitrogens is 1. The third-order valence-electron chi connectivity index (χ3n) is 5.41. The Morgan fingerprint density at radius 1 is 1.23 bits per heavy atom. The average molecular weight is 430 g/mol. The number of hydrogen-bond donors (Lipinski definition) is 3. The topological polar surface area (TPSA) is 98.6 Å². The van der Waals surface area contributed by atoms with Crippen molar-refractivity contribution in [1.29, 1.82) is 0 Å². The van der Waals surface area contributed by atoms with E-state index < -0.39 is 0 Å². The van der Waals surface area contributed by atoms with Crippen LogP contribution in [0.4, 0.5) is 5.69 Å². The van der Waals surface area contributed by atoms with E-state index in [0.29, 0.717) is 11.0 Å². The molecule has 0 aliphatic carbocycles. The Balaban J connectivity index is 1.26. The molecular formula is C19H24ClN9O. The summed E-state index contributed by atoms with van der Waals surface area (Å²) in [5.41, 5.74) is 6.02. The maximum Gasteiger partial charge on any atom is 0.215 e. The first-order valence-corrected chi connectivity index (χ1v) is 10.3. The van der Waals surface area contributed by atoms with Crippen LogP contribution < -0.4 is 10.7 Å². The number of fused-ring (bicyclic) bond motifs is 1. The van der Waals surface area contributed by atoms with E-state index in [2.05, 4.69) is 30.9 Å². The molecule has 0 bridgehead atoms. The molecule has 1 fully saturated rings. The smallest absolute Gasteiger partial charge is 0.215 e. The van der Waals surface area contributed by atoms with Gasteiger partial charge in [-0.2, -0.15) is 10.2 Å². The highest BCUT2D eigenvalue weighted by Gasteiger charge is 2.25. The number of morpholine rings is 1. The van der Waals surface area contributed by atoms with Crippen molar-refractivity contribution in [2.24, 2.45) is 4.99 Å². The molecule has 5 rings (SSSR count). The molecule has 4 heterocycles. The molecule has 10 nitrogen and oxygen atoms in total. The minimum absolute atomic E-state index is 0.203. The van der Waals surface area contributed by atoms with Crippen molar-refractivity contribution >= 4 is 34.2 Å². The van der Waals surface area contributed by atoms with Crippen molar-refractivity contribution in [2.75, 3.05) is 45.2 Å². The second-order valence-electron chi connectivity index (χ2n) is 7.42. The van der Waals surface area contributed by atoms with Crippen LogP contribution in [0.1, 0.15) is 11.7 Å². The first-order valence-electron chi connectivity index (χ1n) is 9.96. The SMILES string of the molecule is CN1NC(c2cnn(CCN3CCOCC3)c2)N=C1Nc1ccc2[nH]ncc2c1Cl. The zero-order chi connectivity index (χ0) is 20.5. The number of aromatic amines is 1. The molecule has 158 valence electrons.